The number of hydrogen-bond acceptors (Lipinski definition) is 4. The van der Waals surface area contributed by atoms with Crippen molar-refractivity contribution in [1.29, 1.82) is 0 Å². The highest BCUT2D eigenvalue weighted by Gasteiger charge is 1.99. The molecule has 0 aromatic carbocycles. The second-order valence-corrected chi connectivity index (χ2v) is 2.39. The summed E-state index contributed by atoms with van der Waals surface area (Å²) in [5, 5.41) is 2.70. The van der Waals surface area contributed by atoms with E-state index in [-0.39, 0.29) is 5.69 Å². The number of halogens is 1. The summed E-state index contributed by atoms with van der Waals surface area (Å²) in [6.07, 6.45) is 0. The lowest BCUT2D eigenvalue weighted by molar-refractivity contribution is 1.26. The lowest BCUT2D eigenvalue weighted by Crippen LogP contribution is -1.88. The van der Waals surface area contributed by atoms with Crippen LogP contribution in [-0.2, 0) is 0 Å². The number of nitroso groups, excluding NO2 is 1. The van der Waals surface area contributed by atoms with Gasteiger partial charge in [-0.2, -0.15) is 0 Å². The second-order valence-electron chi connectivity index (χ2n) is 1.64. The number of anilines is 1. The molecule has 0 amide bonds. The monoisotopic (exact) mass is 201 g/mol. The predicted molar refractivity (Wildman–Crippen MR) is 41.8 cm³/mol. The average Bonchev–Trinajstić information content (AvgIpc) is 1.88. The summed E-state index contributed by atoms with van der Waals surface area (Å²) in [7, 11) is 0. The largest absolute Gasteiger partial charge is 0.384 e. The molecule has 5 heteroatoms. The molecule has 0 spiro atoms. The van der Waals surface area contributed by atoms with E-state index in [1.807, 2.05) is 0 Å². The fraction of sp³-hybridized carbons (Fsp3) is 0. The van der Waals surface area contributed by atoms with Crippen LogP contribution in [0.2, 0.25) is 0 Å². The number of rotatable bonds is 1. The van der Waals surface area contributed by atoms with Crippen LogP contribution in [0.1, 0.15) is 0 Å². The van der Waals surface area contributed by atoms with Gasteiger partial charge >= 0.3 is 0 Å². The molecule has 0 aliphatic rings. The van der Waals surface area contributed by atoms with E-state index in [9.17, 15) is 4.91 Å². The molecule has 0 fully saturated rings. The van der Waals surface area contributed by atoms with Crippen molar-refractivity contribution in [3.8, 4) is 0 Å². The zero-order chi connectivity index (χ0) is 7.56. The molecule has 1 aromatic heterocycles. The third-order valence-electron chi connectivity index (χ3n) is 0.949. The zero-order valence-corrected chi connectivity index (χ0v) is 6.50. The van der Waals surface area contributed by atoms with Crippen molar-refractivity contribution in [1.82, 2.24) is 4.98 Å². The van der Waals surface area contributed by atoms with Crippen LogP contribution in [0.5, 0.6) is 0 Å². The Morgan fingerprint density at radius 3 is 2.80 bits per heavy atom. The fourth-order valence-electron chi connectivity index (χ4n) is 0.509. The molecule has 1 heterocycles. The van der Waals surface area contributed by atoms with Gasteiger partial charge in [-0.3, -0.25) is 0 Å². The van der Waals surface area contributed by atoms with E-state index in [1.165, 1.54) is 12.1 Å². The van der Waals surface area contributed by atoms with Gasteiger partial charge in [0, 0.05) is 0 Å². The molecule has 10 heavy (non-hydrogen) atoms. The van der Waals surface area contributed by atoms with E-state index in [0.717, 1.165) is 0 Å². The van der Waals surface area contributed by atoms with E-state index in [1.54, 1.807) is 0 Å². The minimum absolute atomic E-state index is 0.259. The van der Waals surface area contributed by atoms with Crippen LogP contribution in [0.4, 0.5) is 11.5 Å². The molecule has 0 unspecified atom stereocenters. The molecule has 0 radical (unpaired) electrons. The number of aromatic nitrogens is 1. The Labute approximate surface area is 65.6 Å². The number of nitrogen functional groups attached to an aromatic ring is 1. The quantitative estimate of drug-likeness (QED) is 0.557. The third kappa shape index (κ3) is 1.30. The van der Waals surface area contributed by atoms with Crippen molar-refractivity contribution >= 4 is 27.4 Å². The van der Waals surface area contributed by atoms with E-state index < -0.39 is 0 Å². The van der Waals surface area contributed by atoms with Crippen molar-refractivity contribution in [2.75, 3.05) is 5.73 Å². The first-order valence-electron chi connectivity index (χ1n) is 2.49. The molecule has 0 bridgehead atoms. The molecule has 52 valence electrons. The molecule has 2 N–H and O–H groups in total. The van der Waals surface area contributed by atoms with Gasteiger partial charge in [-0.1, -0.05) is 0 Å². The van der Waals surface area contributed by atoms with Crippen molar-refractivity contribution in [2.24, 2.45) is 5.18 Å². The normalized spacial score (nSPS) is 9.30. The molecule has 1 rings (SSSR count). The highest BCUT2D eigenvalue weighted by Crippen LogP contribution is 2.22. The van der Waals surface area contributed by atoms with Gasteiger partial charge in [-0.05, 0) is 33.2 Å². The Morgan fingerprint density at radius 2 is 2.30 bits per heavy atom. The lowest BCUT2D eigenvalue weighted by Gasteiger charge is -1.93. The number of nitrogens with zero attached hydrogens (tertiary/aromatic N) is 2. The molecule has 0 atom stereocenters. The SMILES string of the molecule is Nc1ccc(N=O)c(Br)n1. The Hall–Kier alpha value is -0.970. The van der Waals surface area contributed by atoms with E-state index in [2.05, 4.69) is 26.1 Å². The minimum Gasteiger partial charge on any atom is -0.384 e. The summed E-state index contributed by atoms with van der Waals surface area (Å²) in [6, 6.07) is 3.01. The van der Waals surface area contributed by atoms with Gasteiger partial charge in [-0.25, -0.2) is 4.98 Å². The van der Waals surface area contributed by atoms with Crippen molar-refractivity contribution in [3.63, 3.8) is 0 Å². The summed E-state index contributed by atoms with van der Waals surface area (Å²) in [5.74, 6) is 0.360. The van der Waals surface area contributed by atoms with Crippen LogP contribution < -0.4 is 5.73 Å². The van der Waals surface area contributed by atoms with Crippen LogP contribution in [0.3, 0.4) is 0 Å². The summed E-state index contributed by atoms with van der Waals surface area (Å²) < 4.78 is 0.377. The summed E-state index contributed by atoms with van der Waals surface area (Å²) in [4.78, 5) is 13.7. The molecular weight excluding hydrogens is 198 g/mol. The smallest absolute Gasteiger partial charge is 0.140 e. The van der Waals surface area contributed by atoms with Crippen molar-refractivity contribution in [2.45, 2.75) is 0 Å². The van der Waals surface area contributed by atoms with E-state index >= 15 is 0 Å². The summed E-state index contributed by atoms with van der Waals surface area (Å²) >= 11 is 3.02. The zero-order valence-electron chi connectivity index (χ0n) is 4.91. The van der Waals surface area contributed by atoms with Gasteiger partial charge in [-0.15, -0.1) is 4.91 Å². The number of pyridine rings is 1. The minimum atomic E-state index is 0.259. The second kappa shape index (κ2) is 2.74. The third-order valence-corrected chi connectivity index (χ3v) is 1.53. The van der Waals surface area contributed by atoms with Crippen molar-refractivity contribution in [3.05, 3.63) is 21.6 Å². The first-order chi connectivity index (χ1) is 4.74. The van der Waals surface area contributed by atoms with Gasteiger partial charge in [0.15, 0.2) is 0 Å². The summed E-state index contributed by atoms with van der Waals surface area (Å²) in [6.45, 7) is 0. The van der Waals surface area contributed by atoms with Crippen LogP contribution in [0, 0.1) is 4.91 Å². The highest BCUT2D eigenvalue weighted by molar-refractivity contribution is 9.10. The highest BCUT2D eigenvalue weighted by atomic mass is 79.9. The average molecular weight is 202 g/mol. The Balaban J connectivity index is 3.19. The van der Waals surface area contributed by atoms with Crippen LogP contribution in [0.25, 0.3) is 0 Å². The van der Waals surface area contributed by atoms with Gasteiger partial charge < -0.3 is 5.73 Å². The summed E-state index contributed by atoms with van der Waals surface area (Å²) in [5.41, 5.74) is 5.56. The predicted octanol–water partition coefficient (Wildman–Crippen LogP) is 1.82. The maximum Gasteiger partial charge on any atom is 0.140 e. The van der Waals surface area contributed by atoms with E-state index in [4.69, 9.17) is 5.73 Å². The topological polar surface area (TPSA) is 68.3 Å². The van der Waals surface area contributed by atoms with Gasteiger partial charge in [0.05, 0.1) is 0 Å². The van der Waals surface area contributed by atoms with Crippen molar-refractivity contribution < 1.29 is 0 Å². The van der Waals surface area contributed by atoms with Crippen LogP contribution >= 0.6 is 15.9 Å². The van der Waals surface area contributed by atoms with Crippen LogP contribution in [-0.4, -0.2) is 4.98 Å². The number of nitrogens with two attached hydrogens (primary N) is 1. The molecule has 4 nitrogen and oxygen atoms in total. The standard InChI is InChI=1S/C5H4BrN3O/c6-5-3(9-10)1-2-4(7)8-5/h1-2H,(H2,7,8). The molecule has 0 aliphatic carbocycles. The van der Waals surface area contributed by atoms with E-state index in [0.29, 0.717) is 10.4 Å². The first kappa shape index (κ1) is 7.14. The molecule has 0 aliphatic heterocycles. The Morgan fingerprint density at radius 1 is 1.60 bits per heavy atom. The fourth-order valence-corrected chi connectivity index (χ4v) is 0.918. The van der Waals surface area contributed by atoms with Gasteiger partial charge in [0.2, 0.25) is 0 Å². The Bertz CT molecular complexity index is 263. The molecular formula is C5H4BrN3O. The lowest BCUT2D eigenvalue weighted by atomic mass is 10.4. The van der Waals surface area contributed by atoms with Gasteiger partial charge in [0.25, 0.3) is 0 Å². The first-order valence-corrected chi connectivity index (χ1v) is 3.28. The molecule has 0 saturated carbocycles. The van der Waals surface area contributed by atoms with Gasteiger partial charge in [0.1, 0.15) is 16.1 Å². The van der Waals surface area contributed by atoms with Crippen LogP contribution in [0.15, 0.2) is 21.9 Å². The molecule has 1 aromatic rings. The Kier molecular flexibility index (Phi) is 1.96. The number of hydrogen-bond donors (Lipinski definition) is 1. The maximum absolute atomic E-state index is 9.98. The molecule has 0 saturated heterocycles. The maximum atomic E-state index is 9.98.